The van der Waals surface area contributed by atoms with Crippen LogP contribution in [0.1, 0.15) is 69.3 Å². The summed E-state index contributed by atoms with van der Waals surface area (Å²) >= 11 is 1.57. The number of aryl methyl sites for hydroxylation is 4. The Hall–Kier alpha value is -2.75. The number of carbonyl (C=O) groups is 1. The summed E-state index contributed by atoms with van der Waals surface area (Å²) in [6.07, 6.45) is 6.68. The van der Waals surface area contributed by atoms with Crippen molar-refractivity contribution in [1.82, 2.24) is 24.1 Å². The Morgan fingerprint density at radius 3 is 2.70 bits per heavy atom. The maximum absolute atomic E-state index is 12.7. The lowest BCUT2D eigenvalue weighted by atomic mass is 10.0. The summed E-state index contributed by atoms with van der Waals surface area (Å²) in [6.45, 7) is 7.26. The van der Waals surface area contributed by atoms with Gasteiger partial charge in [-0.15, -0.1) is 11.3 Å². The lowest BCUT2D eigenvalue weighted by Crippen LogP contribution is -2.31. The molecule has 0 fully saturated rings. The Morgan fingerprint density at radius 2 is 1.97 bits per heavy atom. The molecule has 33 heavy (non-hydrogen) atoms. The van der Waals surface area contributed by atoms with Gasteiger partial charge in [-0.1, -0.05) is 27.2 Å². The van der Waals surface area contributed by atoms with Gasteiger partial charge in [-0.2, -0.15) is 0 Å². The average molecular weight is 473 g/mol. The van der Waals surface area contributed by atoms with Crippen molar-refractivity contribution in [2.75, 3.05) is 5.32 Å². The Kier molecular flexibility index (Phi) is 7.11. The van der Waals surface area contributed by atoms with Gasteiger partial charge in [-0.05, 0) is 38.0 Å². The molecule has 3 heterocycles. The molecule has 0 spiro atoms. The van der Waals surface area contributed by atoms with Crippen LogP contribution in [0.3, 0.4) is 0 Å². The molecule has 1 aliphatic carbocycles. The molecule has 3 aromatic heterocycles. The SMILES string of the molecule is CCCCn1c(=O)[nH]c(=O)c2c1nc(CCC(=O)Nc1nc3c(s1)CCCC3)n2CC(C)C. The molecule has 2 N–H and O–H groups in total. The van der Waals surface area contributed by atoms with Crippen molar-refractivity contribution in [3.05, 3.63) is 37.2 Å². The van der Waals surface area contributed by atoms with Crippen molar-refractivity contribution >= 4 is 33.5 Å². The van der Waals surface area contributed by atoms with Gasteiger partial charge in [0, 0.05) is 30.8 Å². The van der Waals surface area contributed by atoms with Crippen molar-refractivity contribution in [2.45, 2.75) is 85.2 Å². The number of aromatic amines is 1. The van der Waals surface area contributed by atoms with Crippen LogP contribution in [0.5, 0.6) is 0 Å². The summed E-state index contributed by atoms with van der Waals surface area (Å²) in [4.78, 5) is 50.8. The number of thiazole rings is 1. The van der Waals surface area contributed by atoms with Crippen molar-refractivity contribution in [2.24, 2.45) is 5.92 Å². The number of carbonyl (C=O) groups excluding carboxylic acids is 1. The van der Waals surface area contributed by atoms with Gasteiger partial charge >= 0.3 is 5.69 Å². The van der Waals surface area contributed by atoms with E-state index >= 15 is 0 Å². The number of fused-ring (bicyclic) bond motifs is 2. The molecule has 0 radical (unpaired) electrons. The maximum Gasteiger partial charge on any atom is 0.330 e. The van der Waals surface area contributed by atoms with Gasteiger partial charge in [-0.25, -0.2) is 14.8 Å². The van der Waals surface area contributed by atoms with E-state index in [1.54, 1.807) is 15.9 Å². The largest absolute Gasteiger partial charge is 0.330 e. The maximum atomic E-state index is 12.7. The van der Waals surface area contributed by atoms with E-state index in [0.717, 1.165) is 37.8 Å². The number of hydrogen-bond acceptors (Lipinski definition) is 6. The number of H-pyrrole nitrogens is 1. The van der Waals surface area contributed by atoms with Gasteiger partial charge in [0.15, 0.2) is 16.3 Å². The third-order valence-corrected chi connectivity index (χ3v) is 6.99. The molecule has 1 amide bonds. The number of imidazole rings is 1. The predicted molar refractivity (Wildman–Crippen MR) is 130 cm³/mol. The van der Waals surface area contributed by atoms with Crippen LogP contribution in [0.25, 0.3) is 11.2 Å². The standard InChI is InChI=1S/C23H32N6O3S/c1-4-5-12-28-20-19(21(31)27-23(28)32)29(13-14(2)3)17(25-20)10-11-18(30)26-22-24-15-8-6-7-9-16(15)33-22/h14H,4-13H2,1-3H3,(H,24,26,30)(H,27,31,32). The van der Waals surface area contributed by atoms with Crippen LogP contribution >= 0.6 is 11.3 Å². The number of anilines is 1. The smallest absolute Gasteiger partial charge is 0.322 e. The lowest BCUT2D eigenvalue weighted by molar-refractivity contribution is -0.116. The minimum absolute atomic E-state index is 0.124. The number of hydrogen-bond donors (Lipinski definition) is 2. The molecule has 0 saturated carbocycles. The summed E-state index contributed by atoms with van der Waals surface area (Å²) in [5.41, 5.74) is 1.06. The normalized spacial score (nSPS) is 13.6. The van der Waals surface area contributed by atoms with Gasteiger partial charge in [0.05, 0.1) is 5.69 Å². The highest BCUT2D eigenvalue weighted by Gasteiger charge is 2.21. The van der Waals surface area contributed by atoms with Crippen molar-refractivity contribution in [3.8, 4) is 0 Å². The van der Waals surface area contributed by atoms with Crippen molar-refractivity contribution in [1.29, 1.82) is 0 Å². The predicted octanol–water partition coefficient (Wildman–Crippen LogP) is 3.25. The zero-order valence-corrected chi connectivity index (χ0v) is 20.4. The highest BCUT2D eigenvalue weighted by Crippen LogP contribution is 2.29. The van der Waals surface area contributed by atoms with Gasteiger partial charge in [0.1, 0.15) is 5.82 Å². The molecule has 9 nitrogen and oxygen atoms in total. The van der Waals surface area contributed by atoms with Crippen molar-refractivity contribution < 1.29 is 4.79 Å². The lowest BCUT2D eigenvalue weighted by Gasteiger charge is -2.11. The van der Waals surface area contributed by atoms with E-state index < -0.39 is 11.2 Å². The molecule has 0 aliphatic heterocycles. The first-order valence-electron chi connectivity index (χ1n) is 11.9. The second-order valence-electron chi connectivity index (χ2n) is 9.11. The Balaban J connectivity index is 1.58. The van der Waals surface area contributed by atoms with Gasteiger partial charge in [0.25, 0.3) is 5.56 Å². The fraction of sp³-hybridized carbons (Fsp3) is 0.609. The van der Waals surface area contributed by atoms with Crippen LogP contribution in [-0.2, 0) is 37.1 Å². The molecule has 3 aromatic rings. The summed E-state index contributed by atoms with van der Waals surface area (Å²) in [5.74, 6) is 0.794. The number of unbranched alkanes of at least 4 members (excludes halogenated alkanes) is 1. The molecule has 0 saturated heterocycles. The fourth-order valence-corrected chi connectivity index (χ4v) is 5.37. The summed E-state index contributed by atoms with van der Waals surface area (Å²) in [7, 11) is 0. The first kappa shape index (κ1) is 23.4. The van der Waals surface area contributed by atoms with Gasteiger partial charge in [-0.3, -0.25) is 19.1 Å². The molecule has 178 valence electrons. The quantitative estimate of drug-likeness (QED) is 0.496. The van der Waals surface area contributed by atoms with Crippen LogP contribution in [-0.4, -0.2) is 30.0 Å². The number of nitrogens with one attached hydrogen (secondary N) is 2. The van der Waals surface area contributed by atoms with E-state index in [1.807, 2.05) is 11.5 Å². The minimum atomic E-state index is -0.438. The first-order chi connectivity index (χ1) is 15.9. The summed E-state index contributed by atoms with van der Waals surface area (Å²) < 4.78 is 3.41. The van der Waals surface area contributed by atoms with Gasteiger partial charge < -0.3 is 9.88 Å². The first-order valence-corrected chi connectivity index (χ1v) is 12.7. The second kappa shape index (κ2) is 10.0. The zero-order chi connectivity index (χ0) is 23.5. The van der Waals surface area contributed by atoms with E-state index in [0.29, 0.717) is 41.6 Å². The number of rotatable bonds is 9. The Bertz CT molecular complexity index is 1240. The molecule has 4 rings (SSSR count). The fourth-order valence-electron chi connectivity index (χ4n) is 4.31. The van der Waals surface area contributed by atoms with E-state index in [2.05, 4.69) is 34.1 Å². The minimum Gasteiger partial charge on any atom is -0.322 e. The highest BCUT2D eigenvalue weighted by atomic mass is 32.1. The molecule has 0 atom stereocenters. The number of amides is 1. The van der Waals surface area contributed by atoms with E-state index in [4.69, 9.17) is 0 Å². The van der Waals surface area contributed by atoms with Crippen LogP contribution in [0, 0.1) is 5.92 Å². The second-order valence-corrected chi connectivity index (χ2v) is 10.2. The van der Waals surface area contributed by atoms with E-state index in [1.165, 1.54) is 11.3 Å². The molecular weight excluding hydrogens is 440 g/mol. The van der Waals surface area contributed by atoms with Crippen molar-refractivity contribution in [3.63, 3.8) is 0 Å². The Morgan fingerprint density at radius 1 is 1.18 bits per heavy atom. The molecule has 0 bridgehead atoms. The van der Waals surface area contributed by atoms with Crippen LogP contribution in [0.2, 0.25) is 0 Å². The molecule has 10 heteroatoms. The number of nitrogens with zero attached hydrogens (tertiary/aromatic N) is 4. The monoisotopic (exact) mass is 472 g/mol. The zero-order valence-electron chi connectivity index (χ0n) is 19.6. The summed E-state index contributed by atoms with van der Waals surface area (Å²) in [6, 6.07) is 0. The number of aromatic nitrogens is 5. The van der Waals surface area contributed by atoms with E-state index in [-0.39, 0.29) is 18.2 Å². The summed E-state index contributed by atoms with van der Waals surface area (Å²) in [5, 5.41) is 3.59. The molecule has 1 aliphatic rings. The molecular formula is C23H32N6O3S. The molecule has 0 unspecified atom stereocenters. The topological polar surface area (TPSA) is 115 Å². The Labute approximate surface area is 196 Å². The van der Waals surface area contributed by atoms with Gasteiger partial charge in [0.2, 0.25) is 5.91 Å². The third-order valence-electron chi connectivity index (χ3n) is 5.92. The van der Waals surface area contributed by atoms with Crippen LogP contribution in [0.4, 0.5) is 5.13 Å². The molecule has 0 aromatic carbocycles. The third kappa shape index (κ3) is 5.10. The average Bonchev–Trinajstić information content (AvgIpc) is 3.32. The van der Waals surface area contributed by atoms with E-state index in [9.17, 15) is 14.4 Å². The van der Waals surface area contributed by atoms with Crippen LogP contribution in [0.15, 0.2) is 9.59 Å². The van der Waals surface area contributed by atoms with Crippen LogP contribution < -0.4 is 16.6 Å². The highest BCUT2D eigenvalue weighted by molar-refractivity contribution is 7.15.